The highest BCUT2D eigenvalue weighted by molar-refractivity contribution is 6.23. The maximum atomic E-state index is 14.3. The SMILES string of the molecule is Cc1cccc(N2C(=O)[C@H]3[C@@H](C2=O)[C@@]24C=C(C(C)C)[C@@H]3C[C@H]2[C@@]2(C)CCC[C@@](C)(C(=O)O)[C@H]2CC4)c1. The average Bonchev–Trinajstić information content (AvgIpc) is 3.10. The van der Waals surface area contributed by atoms with E-state index in [0.717, 1.165) is 44.1 Å². The van der Waals surface area contributed by atoms with Crippen LogP contribution < -0.4 is 4.90 Å². The van der Waals surface area contributed by atoms with Gasteiger partial charge in [-0.2, -0.15) is 0 Å². The number of allylic oxidation sites excluding steroid dienone is 2. The number of aryl methyl sites for hydroxylation is 1. The molecule has 2 bridgehead atoms. The Balaban J connectivity index is 1.50. The molecule has 1 saturated heterocycles. The molecule has 4 fully saturated rings. The van der Waals surface area contributed by atoms with Crippen LogP contribution in [-0.4, -0.2) is 22.9 Å². The molecule has 36 heavy (non-hydrogen) atoms. The van der Waals surface area contributed by atoms with E-state index in [1.54, 1.807) is 0 Å². The van der Waals surface area contributed by atoms with Gasteiger partial charge in [0, 0.05) is 5.41 Å². The summed E-state index contributed by atoms with van der Waals surface area (Å²) in [5.41, 5.74) is 1.83. The number of aliphatic carboxylic acids is 1. The second-order valence-corrected chi connectivity index (χ2v) is 13.3. The van der Waals surface area contributed by atoms with Gasteiger partial charge in [0.05, 0.1) is 22.9 Å². The molecule has 0 aromatic heterocycles. The summed E-state index contributed by atoms with van der Waals surface area (Å²) in [4.78, 5) is 42.3. The Morgan fingerprint density at radius 2 is 1.83 bits per heavy atom. The normalized spacial score (nSPS) is 43.2. The molecule has 1 spiro atoms. The zero-order chi connectivity index (χ0) is 25.8. The Kier molecular flexibility index (Phi) is 5.02. The van der Waals surface area contributed by atoms with Gasteiger partial charge in [-0.15, -0.1) is 0 Å². The molecule has 1 N–H and O–H groups in total. The Morgan fingerprint density at radius 3 is 2.50 bits per heavy atom. The molecule has 1 heterocycles. The summed E-state index contributed by atoms with van der Waals surface area (Å²) in [6.45, 7) is 10.7. The van der Waals surface area contributed by atoms with Crippen molar-refractivity contribution in [3.05, 3.63) is 41.5 Å². The number of carboxylic acids is 1. The fraction of sp³-hybridized carbons (Fsp3) is 0.645. The van der Waals surface area contributed by atoms with Gasteiger partial charge in [-0.05, 0) is 92.7 Å². The summed E-state index contributed by atoms with van der Waals surface area (Å²) in [5, 5.41) is 10.3. The second kappa shape index (κ2) is 7.55. The molecule has 0 radical (unpaired) electrons. The first kappa shape index (κ1) is 23.9. The van der Waals surface area contributed by atoms with Crippen LogP contribution >= 0.6 is 0 Å². The Labute approximate surface area is 214 Å². The maximum absolute atomic E-state index is 14.3. The van der Waals surface area contributed by atoms with Crippen molar-refractivity contribution in [3.63, 3.8) is 0 Å². The third-order valence-corrected chi connectivity index (χ3v) is 11.4. The molecule has 8 atom stereocenters. The number of anilines is 1. The standard InChI is InChI=1S/C31H39NO4/c1-17(2)21-16-31-13-10-22-29(4,11-7-12-30(22,5)28(35)36)23(31)15-20(21)24-25(31)27(34)32(26(24)33)19-9-6-8-18(3)14-19/h6,8-9,14,16-17,20,22-25H,7,10-13,15H2,1-5H3,(H,35,36)/t20-,22-,23-,24+,25-,29-,30+,31-/m0/s1. The highest BCUT2D eigenvalue weighted by atomic mass is 16.4. The van der Waals surface area contributed by atoms with Crippen LogP contribution in [0.3, 0.4) is 0 Å². The quantitative estimate of drug-likeness (QED) is 0.417. The smallest absolute Gasteiger partial charge is 0.309 e. The third kappa shape index (κ3) is 2.80. The van der Waals surface area contributed by atoms with E-state index < -0.39 is 11.4 Å². The van der Waals surface area contributed by atoms with E-state index in [4.69, 9.17) is 0 Å². The predicted molar refractivity (Wildman–Crippen MR) is 138 cm³/mol. The van der Waals surface area contributed by atoms with Gasteiger partial charge in [0.25, 0.3) is 0 Å². The van der Waals surface area contributed by atoms with Crippen molar-refractivity contribution in [2.45, 2.75) is 73.1 Å². The zero-order valence-electron chi connectivity index (χ0n) is 22.2. The first-order valence-electron chi connectivity index (χ1n) is 13.9. The van der Waals surface area contributed by atoms with Crippen LogP contribution in [0.4, 0.5) is 5.69 Å². The van der Waals surface area contributed by atoms with Gasteiger partial charge in [0.1, 0.15) is 0 Å². The lowest BCUT2D eigenvalue weighted by Gasteiger charge is -2.68. The molecule has 3 saturated carbocycles. The number of hydrogen-bond donors (Lipinski definition) is 1. The van der Waals surface area contributed by atoms with Crippen LogP contribution in [0.25, 0.3) is 0 Å². The topological polar surface area (TPSA) is 74.7 Å². The van der Waals surface area contributed by atoms with Crippen LogP contribution in [0.1, 0.15) is 71.8 Å². The number of nitrogens with zero attached hydrogens (tertiary/aromatic N) is 1. The Morgan fingerprint density at radius 1 is 1.08 bits per heavy atom. The molecule has 1 aromatic carbocycles. The van der Waals surface area contributed by atoms with Crippen molar-refractivity contribution in [2.75, 3.05) is 4.90 Å². The van der Waals surface area contributed by atoms with Crippen molar-refractivity contribution < 1.29 is 19.5 Å². The van der Waals surface area contributed by atoms with Crippen LogP contribution in [0.15, 0.2) is 35.9 Å². The van der Waals surface area contributed by atoms with E-state index in [2.05, 4.69) is 26.8 Å². The highest BCUT2D eigenvalue weighted by Gasteiger charge is 2.73. The number of imide groups is 1. The molecule has 6 aliphatic rings. The van der Waals surface area contributed by atoms with E-state index in [9.17, 15) is 19.5 Å². The Bertz CT molecular complexity index is 1200. The Hall–Kier alpha value is -2.43. The van der Waals surface area contributed by atoms with Crippen LogP contribution in [0.2, 0.25) is 0 Å². The van der Waals surface area contributed by atoms with Gasteiger partial charge in [0.2, 0.25) is 11.8 Å². The minimum Gasteiger partial charge on any atom is -0.481 e. The molecular formula is C31H39NO4. The fourth-order valence-corrected chi connectivity index (χ4v) is 9.98. The number of rotatable bonds is 3. The second-order valence-electron chi connectivity index (χ2n) is 13.3. The monoisotopic (exact) mass is 489 g/mol. The van der Waals surface area contributed by atoms with Gasteiger partial charge >= 0.3 is 5.97 Å². The zero-order valence-corrected chi connectivity index (χ0v) is 22.2. The molecule has 5 aliphatic carbocycles. The van der Waals surface area contributed by atoms with E-state index in [1.165, 1.54) is 10.5 Å². The molecule has 5 heteroatoms. The number of amides is 2. The number of carboxylic acid groups (broad SMARTS) is 1. The minimum atomic E-state index is -0.724. The van der Waals surface area contributed by atoms with E-state index in [1.807, 2.05) is 38.1 Å². The first-order chi connectivity index (χ1) is 17.0. The molecule has 5 nitrogen and oxygen atoms in total. The molecule has 1 aliphatic heterocycles. The van der Waals surface area contributed by atoms with Crippen molar-refractivity contribution in [1.29, 1.82) is 0 Å². The fourth-order valence-electron chi connectivity index (χ4n) is 9.98. The molecular weight excluding hydrogens is 450 g/mol. The molecule has 0 unspecified atom stereocenters. The summed E-state index contributed by atoms with van der Waals surface area (Å²) < 4.78 is 0. The summed E-state index contributed by atoms with van der Waals surface area (Å²) in [5.74, 6) is -0.679. The maximum Gasteiger partial charge on any atom is 0.309 e. The third-order valence-electron chi connectivity index (χ3n) is 11.4. The summed E-state index contributed by atoms with van der Waals surface area (Å²) in [6, 6.07) is 7.73. The lowest BCUT2D eigenvalue weighted by atomic mass is 9.34. The van der Waals surface area contributed by atoms with Gasteiger partial charge in [-0.25, -0.2) is 4.90 Å². The van der Waals surface area contributed by atoms with Crippen molar-refractivity contribution in [2.24, 2.45) is 51.8 Å². The van der Waals surface area contributed by atoms with Gasteiger partial charge in [0.15, 0.2) is 0 Å². The molecule has 7 rings (SSSR count). The van der Waals surface area contributed by atoms with Gasteiger partial charge < -0.3 is 5.11 Å². The number of carbonyl (C=O) groups excluding carboxylic acids is 2. The van der Waals surface area contributed by atoms with Crippen LogP contribution in [0.5, 0.6) is 0 Å². The largest absolute Gasteiger partial charge is 0.481 e. The van der Waals surface area contributed by atoms with E-state index in [-0.39, 0.29) is 52.2 Å². The number of fused-ring (bicyclic) bond motifs is 1. The van der Waals surface area contributed by atoms with Gasteiger partial charge in [-0.3, -0.25) is 14.4 Å². The molecule has 1 aromatic rings. The lowest BCUT2D eigenvalue weighted by molar-refractivity contribution is -0.194. The average molecular weight is 490 g/mol. The summed E-state index contributed by atoms with van der Waals surface area (Å²) in [7, 11) is 0. The minimum absolute atomic E-state index is 0.0315. The van der Waals surface area contributed by atoms with Crippen molar-refractivity contribution in [1.82, 2.24) is 0 Å². The van der Waals surface area contributed by atoms with Gasteiger partial charge in [-0.1, -0.05) is 51.0 Å². The van der Waals surface area contributed by atoms with E-state index in [0.29, 0.717) is 11.6 Å². The first-order valence-corrected chi connectivity index (χ1v) is 13.9. The van der Waals surface area contributed by atoms with Crippen molar-refractivity contribution >= 4 is 23.5 Å². The van der Waals surface area contributed by atoms with E-state index >= 15 is 0 Å². The lowest BCUT2D eigenvalue weighted by Crippen LogP contribution is -2.65. The molecule has 2 amide bonds. The number of hydrogen-bond acceptors (Lipinski definition) is 3. The van der Waals surface area contributed by atoms with Crippen molar-refractivity contribution in [3.8, 4) is 0 Å². The predicted octanol–water partition coefficient (Wildman–Crippen LogP) is 6.01. The summed E-state index contributed by atoms with van der Waals surface area (Å²) in [6.07, 6.45) is 7.58. The highest BCUT2D eigenvalue weighted by Crippen LogP contribution is 2.74. The number of carbonyl (C=O) groups is 3. The molecule has 192 valence electrons. The summed E-state index contributed by atoms with van der Waals surface area (Å²) >= 11 is 0. The number of benzene rings is 1. The van der Waals surface area contributed by atoms with Crippen LogP contribution in [0, 0.1) is 58.7 Å². The van der Waals surface area contributed by atoms with Crippen LogP contribution in [-0.2, 0) is 14.4 Å².